The summed E-state index contributed by atoms with van der Waals surface area (Å²) in [4.78, 5) is 11.3. The number of nitrogens with one attached hydrogen (secondary N) is 1. The lowest BCUT2D eigenvalue weighted by Crippen LogP contribution is -2.05. The molecule has 0 aliphatic rings. The summed E-state index contributed by atoms with van der Waals surface area (Å²) in [7, 11) is 0. The summed E-state index contributed by atoms with van der Waals surface area (Å²) in [5.74, 6) is -0.233. The van der Waals surface area contributed by atoms with Crippen LogP contribution in [0.25, 0.3) is 11.1 Å². The third-order valence-electron chi connectivity index (χ3n) is 3.48. The highest BCUT2D eigenvalue weighted by atomic mass is 19.1. The van der Waals surface area contributed by atoms with Gasteiger partial charge in [0.25, 0.3) is 0 Å². The van der Waals surface area contributed by atoms with E-state index in [2.05, 4.69) is 5.32 Å². The molecule has 126 valence electrons. The Morgan fingerprint density at radius 2 is 1.68 bits per heavy atom. The molecule has 3 rings (SSSR count). The van der Waals surface area contributed by atoms with Gasteiger partial charge in [-0.05, 0) is 42.0 Å². The lowest BCUT2D eigenvalue weighted by Gasteiger charge is -2.14. The zero-order valence-electron chi connectivity index (χ0n) is 13.4. The third kappa shape index (κ3) is 4.20. The minimum atomic E-state index is -0.418. The van der Waals surface area contributed by atoms with Gasteiger partial charge >= 0.3 is 0 Å². The van der Waals surface area contributed by atoms with Crippen molar-refractivity contribution in [1.29, 1.82) is 0 Å². The monoisotopic (exact) mass is 339 g/mol. The van der Waals surface area contributed by atoms with Crippen molar-refractivity contribution >= 4 is 11.6 Å². The first-order valence-corrected chi connectivity index (χ1v) is 7.62. The predicted molar refractivity (Wildman–Crippen MR) is 92.6 cm³/mol. The zero-order chi connectivity index (χ0) is 17.8. The summed E-state index contributed by atoms with van der Waals surface area (Å²) in [5.41, 5.74) is 1.98. The largest absolute Gasteiger partial charge is 0.457 e. The molecule has 5 heteroatoms. The number of benzene rings is 3. The van der Waals surface area contributed by atoms with Crippen LogP contribution in [-0.2, 0) is 4.79 Å². The van der Waals surface area contributed by atoms with Crippen molar-refractivity contribution in [3.05, 3.63) is 78.4 Å². The molecule has 0 aliphatic carbocycles. The van der Waals surface area contributed by atoms with Crippen LogP contribution in [0.1, 0.15) is 6.92 Å². The van der Waals surface area contributed by atoms with Crippen molar-refractivity contribution in [3.8, 4) is 22.6 Å². The number of halogens is 2. The maximum absolute atomic E-state index is 13.4. The number of anilines is 1. The number of hydrogen-bond donors (Lipinski definition) is 1. The second-order valence-corrected chi connectivity index (χ2v) is 5.46. The maximum Gasteiger partial charge on any atom is 0.221 e. The Hall–Kier alpha value is -3.21. The smallest absolute Gasteiger partial charge is 0.221 e. The first-order chi connectivity index (χ1) is 12.0. The lowest BCUT2D eigenvalue weighted by molar-refractivity contribution is -0.114. The molecule has 0 saturated carbocycles. The maximum atomic E-state index is 13.4. The van der Waals surface area contributed by atoms with E-state index < -0.39 is 5.82 Å². The van der Waals surface area contributed by atoms with Gasteiger partial charge in [0.2, 0.25) is 5.91 Å². The number of amides is 1. The van der Waals surface area contributed by atoms with Crippen LogP contribution in [0.5, 0.6) is 11.5 Å². The van der Waals surface area contributed by atoms with Crippen molar-refractivity contribution in [2.45, 2.75) is 6.92 Å². The van der Waals surface area contributed by atoms with E-state index in [-0.39, 0.29) is 11.7 Å². The molecule has 0 bridgehead atoms. The molecular weight excluding hydrogens is 324 g/mol. The normalized spacial score (nSPS) is 10.4. The molecule has 0 aliphatic heterocycles. The van der Waals surface area contributed by atoms with E-state index in [0.717, 1.165) is 5.56 Å². The summed E-state index contributed by atoms with van der Waals surface area (Å²) >= 11 is 0. The first kappa shape index (κ1) is 16.6. The van der Waals surface area contributed by atoms with E-state index in [1.807, 2.05) is 0 Å². The molecular formula is C20H15F2NO2. The van der Waals surface area contributed by atoms with Crippen LogP contribution in [0, 0.1) is 11.6 Å². The fourth-order valence-corrected chi connectivity index (χ4v) is 2.41. The number of rotatable bonds is 4. The van der Waals surface area contributed by atoms with Crippen LogP contribution in [-0.4, -0.2) is 5.91 Å². The molecule has 1 amide bonds. The highest BCUT2D eigenvalue weighted by Gasteiger charge is 2.10. The minimum Gasteiger partial charge on any atom is -0.457 e. The van der Waals surface area contributed by atoms with Crippen LogP contribution >= 0.6 is 0 Å². The van der Waals surface area contributed by atoms with Crippen molar-refractivity contribution in [2.24, 2.45) is 0 Å². The van der Waals surface area contributed by atoms with Gasteiger partial charge in [0, 0.05) is 30.3 Å². The molecule has 3 aromatic rings. The Bertz CT molecular complexity index is 908. The summed E-state index contributed by atoms with van der Waals surface area (Å²) in [5, 5.41) is 2.68. The van der Waals surface area contributed by atoms with Gasteiger partial charge in [-0.15, -0.1) is 0 Å². The molecule has 3 aromatic carbocycles. The molecule has 0 unspecified atom stereocenters. The van der Waals surface area contributed by atoms with Gasteiger partial charge in [-0.1, -0.05) is 18.2 Å². The minimum absolute atomic E-state index is 0.216. The molecule has 3 nitrogen and oxygen atoms in total. The molecule has 25 heavy (non-hydrogen) atoms. The van der Waals surface area contributed by atoms with Crippen molar-refractivity contribution in [3.63, 3.8) is 0 Å². The zero-order valence-corrected chi connectivity index (χ0v) is 13.4. The second-order valence-electron chi connectivity index (χ2n) is 5.46. The van der Waals surface area contributed by atoms with Gasteiger partial charge in [0.1, 0.15) is 23.1 Å². The lowest BCUT2D eigenvalue weighted by atomic mass is 10.0. The van der Waals surface area contributed by atoms with Crippen molar-refractivity contribution in [1.82, 2.24) is 0 Å². The standard InChI is InChI=1S/C20H15F2NO2/c1-13(24)23-17-9-10-19(14-5-7-15(21)8-6-14)20(12-17)25-18-4-2-3-16(22)11-18/h2-12H,1H3,(H,23,24). The van der Waals surface area contributed by atoms with E-state index >= 15 is 0 Å². The predicted octanol–water partition coefficient (Wildman–Crippen LogP) is 5.38. The first-order valence-electron chi connectivity index (χ1n) is 7.62. The highest BCUT2D eigenvalue weighted by molar-refractivity contribution is 5.89. The fraction of sp³-hybridized carbons (Fsp3) is 0.0500. The third-order valence-corrected chi connectivity index (χ3v) is 3.48. The number of carbonyl (C=O) groups is 1. The molecule has 0 saturated heterocycles. The Kier molecular flexibility index (Phi) is 4.75. The van der Waals surface area contributed by atoms with Crippen LogP contribution < -0.4 is 10.1 Å². The fourth-order valence-electron chi connectivity index (χ4n) is 2.41. The van der Waals surface area contributed by atoms with Gasteiger partial charge in [0.15, 0.2) is 0 Å². The number of hydrogen-bond acceptors (Lipinski definition) is 2. The Balaban J connectivity index is 2.04. The Morgan fingerprint density at radius 1 is 0.920 bits per heavy atom. The van der Waals surface area contributed by atoms with Crippen molar-refractivity contribution < 1.29 is 18.3 Å². The molecule has 0 spiro atoms. The van der Waals surface area contributed by atoms with Gasteiger partial charge in [-0.3, -0.25) is 4.79 Å². The van der Waals surface area contributed by atoms with Crippen LogP contribution in [0.3, 0.4) is 0 Å². The SMILES string of the molecule is CC(=O)Nc1ccc(-c2ccc(F)cc2)c(Oc2cccc(F)c2)c1. The topological polar surface area (TPSA) is 38.3 Å². The molecule has 0 fully saturated rings. The second kappa shape index (κ2) is 7.13. The summed E-state index contributed by atoms with van der Waals surface area (Å²) in [6.45, 7) is 1.40. The molecule has 1 N–H and O–H groups in total. The Labute approximate surface area is 143 Å². The molecule has 0 aromatic heterocycles. The van der Waals surface area contributed by atoms with Crippen LogP contribution in [0.4, 0.5) is 14.5 Å². The van der Waals surface area contributed by atoms with E-state index in [0.29, 0.717) is 22.7 Å². The van der Waals surface area contributed by atoms with Gasteiger partial charge in [0.05, 0.1) is 0 Å². The van der Waals surface area contributed by atoms with Gasteiger partial charge < -0.3 is 10.1 Å². The average molecular weight is 339 g/mol. The van der Waals surface area contributed by atoms with E-state index in [4.69, 9.17) is 4.74 Å². The van der Waals surface area contributed by atoms with Crippen molar-refractivity contribution in [2.75, 3.05) is 5.32 Å². The highest BCUT2D eigenvalue weighted by Crippen LogP contribution is 2.36. The number of ether oxygens (including phenoxy) is 1. The number of carbonyl (C=O) groups excluding carboxylic acids is 1. The molecule has 0 radical (unpaired) electrons. The Morgan fingerprint density at radius 3 is 2.36 bits per heavy atom. The quantitative estimate of drug-likeness (QED) is 0.693. The van der Waals surface area contributed by atoms with Crippen LogP contribution in [0.2, 0.25) is 0 Å². The van der Waals surface area contributed by atoms with E-state index in [1.54, 1.807) is 42.5 Å². The van der Waals surface area contributed by atoms with Crippen LogP contribution in [0.15, 0.2) is 66.7 Å². The average Bonchev–Trinajstić information content (AvgIpc) is 2.56. The summed E-state index contributed by atoms with van der Waals surface area (Å²) in [6, 6.07) is 16.8. The molecule has 0 atom stereocenters. The molecule has 0 heterocycles. The van der Waals surface area contributed by atoms with E-state index in [9.17, 15) is 13.6 Å². The van der Waals surface area contributed by atoms with E-state index in [1.165, 1.54) is 31.2 Å². The summed E-state index contributed by atoms with van der Waals surface area (Å²) in [6.07, 6.45) is 0. The summed E-state index contributed by atoms with van der Waals surface area (Å²) < 4.78 is 32.4. The van der Waals surface area contributed by atoms with Gasteiger partial charge in [-0.2, -0.15) is 0 Å². The van der Waals surface area contributed by atoms with Gasteiger partial charge in [-0.25, -0.2) is 8.78 Å².